The maximum absolute atomic E-state index is 5.26. The average Bonchev–Trinajstić information content (AvgIpc) is 2.28. The lowest BCUT2D eigenvalue weighted by molar-refractivity contribution is 0.171. The van der Waals surface area contributed by atoms with E-state index in [-0.39, 0.29) is 0 Å². The Balaban J connectivity index is 2.85. The maximum atomic E-state index is 5.26. The van der Waals surface area contributed by atoms with E-state index >= 15 is 0 Å². The van der Waals surface area contributed by atoms with Crippen molar-refractivity contribution in [2.75, 3.05) is 38.0 Å². The first-order chi connectivity index (χ1) is 8.06. The molecule has 1 rings (SSSR count). The molecule has 1 atom stereocenters. The van der Waals surface area contributed by atoms with Gasteiger partial charge in [-0.25, -0.2) is 0 Å². The van der Waals surface area contributed by atoms with Crippen LogP contribution in [-0.2, 0) is 4.74 Å². The molecule has 1 aromatic carbocycles. The van der Waals surface area contributed by atoms with E-state index < -0.39 is 0 Å². The lowest BCUT2D eigenvalue weighted by Crippen LogP contribution is -2.31. The van der Waals surface area contributed by atoms with E-state index in [9.17, 15) is 0 Å². The molecular formula is C14H24N2O. The zero-order valence-corrected chi connectivity index (χ0v) is 11.5. The normalized spacial score (nSPS) is 12.6. The molecular weight excluding hydrogens is 212 g/mol. The van der Waals surface area contributed by atoms with E-state index in [4.69, 9.17) is 4.74 Å². The minimum atomic E-state index is 0.334. The van der Waals surface area contributed by atoms with E-state index in [1.165, 1.54) is 5.69 Å². The molecule has 0 saturated heterocycles. The predicted molar refractivity (Wildman–Crippen MR) is 74.9 cm³/mol. The minimum absolute atomic E-state index is 0.334. The van der Waals surface area contributed by atoms with Crippen molar-refractivity contribution in [3.05, 3.63) is 24.3 Å². The number of ether oxygens (including phenoxy) is 1. The van der Waals surface area contributed by atoms with Gasteiger partial charge in [-0.1, -0.05) is 26.0 Å². The van der Waals surface area contributed by atoms with Gasteiger partial charge < -0.3 is 15.0 Å². The first-order valence-corrected chi connectivity index (χ1v) is 6.08. The number of rotatable bonds is 6. The molecule has 0 aliphatic carbocycles. The number of hydrogen-bond acceptors (Lipinski definition) is 3. The first-order valence-electron chi connectivity index (χ1n) is 6.08. The summed E-state index contributed by atoms with van der Waals surface area (Å²) in [6.45, 7) is 5.13. The van der Waals surface area contributed by atoms with Crippen LogP contribution in [0.25, 0.3) is 0 Å². The Morgan fingerprint density at radius 2 is 1.88 bits per heavy atom. The molecule has 0 amide bonds. The molecule has 0 aliphatic rings. The van der Waals surface area contributed by atoms with Crippen LogP contribution in [0.2, 0.25) is 0 Å². The standard InChI is InChI=1S/C14H24N2O/c1-11(2)13(10-17-5)15-12-8-6-7-9-14(12)16(3)4/h6-9,11,13,15H,10H2,1-5H3. The van der Waals surface area contributed by atoms with Crippen LogP contribution >= 0.6 is 0 Å². The topological polar surface area (TPSA) is 24.5 Å². The second-order valence-corrected chi connectivity index (χ2v) is 4.86. The van der Waals surface area contributed by atoms with E-state index in [1.807, 2.05) is 0 Å². The summed E-state index contributed by atoms with van der Waals surface area (Å²) in [6.07, 6.45) is 0. The van der Waals surface area contributed by atoms with Gasteiger partial charge in [0.2, 0.25) is 0 Å². The molecule has 0 bridgehead atoms. The van der Waals surface area contributed by atoms with Gasteiger partial charge in [0.15, 0.2) is 0 Å². The third-order valence-electron chi connectivity index (χ3n) is 2.88. The van der Waals surface area contributed by atoms with Gasteiger partial charge in [-0.15, -0.1) is 0 Å². The Bertz CT molecular complexity index is 337. The van der Waals surface area contributed by atoms with Crippen molar-refractivity contribution in [2.24, 2.45) is 5.92 Å². The molecule has 1 unspecified atom stereocenters. The molecule has 0 heterocycles. The van der Waals surface area contributed by atoms with Crippen molar-refractivity contribution >= 4 is 11.4 Å². The molecule has 0 radical (unpaired) electrons. The molecule has 17 heavy (non-hydrogen) atoms. The van der Waals surface area contributed by atoms with Crippen LogP contribution in [0.15, 0.2) is 24.3 Å². The highest BCUT2D eigenvalue weighted by Gasteiger charge is 2.14. The molecule has 0 aliphatic heterocycles. The van der Waals surface area contributed by atoms with Gasteiger partial charge in [-0.05, 0) is 18.1 Å². The minimum Gasteiger partial charge on any atom is -0.383 e. The second-order valence-electron chi connectivity index (χ2n) is 4.86. The van der Waals surface area contributed by atoms with Crippen LogP contribution in [0.1, 0.15) is 13.8 Å². The van der Waals surface area contributed by atoms with Crippen LogP contribution in [0.4, 0.5) is 11.4 Å². The van der Waals surface area contributed by atoms with Crippen LogP contribution in [0, 0.1) is 5.92 Å². The Hall–Kier alpha value is -1.22. The van der Waals surface area contributed by atoms with Crippen LogP contribution in [0.5, 0.6) is 0 Å². The SMILES string of the molecule is COCC(Nc1ccccc1N(C)C)C(C)C. The van der Waals surface area contributed by atoms with Crippen molar-refractivity contribution in [2.45, 2.75) is 19.9 Å². The van der Waals surface area contributed by atoms with E-state index in [0.29, 0.717) is 12.0 Å². The zero-order chi connectivity index (χ0) is 12.8. The second kappa shape index (κ2) is 6.50. The van der Waals surface area contributed by atoms with Crippen LogP contribution < -0.4 is 10.2 Å². The molecule has 1 N–H and O–H groups in total. The average molecular weight is 236 g/mol. The van der Waals surface area contributed by atoms with Gasteiger partial charge in [0.1, 0.15) is 0 Å². The van der Waals surface area contributed by atoms with Crippen molar-refractivity contribution < 1.29 is 4.74 Å². The number of methoxy groups -OCH3 is 1. The highest BCUT2D eigenvalue weighted by atomic mass is 16.5. The van der Waals surface area contributed by atoms with E-state index in [2.05, 4.69) is 62.4 Å². The Kier molecular flexibility index (Phi) is 5.29. The van der Waals surface area contributed by atoms with Crippen LogP contribution in [-0.4, -0.2) is 33.9 Å². The zero-order valence-electron chi connectivity index (χ0n) is 11.5. The van der Waals surface area contributed by atoms with Gasteiger partial charge in [0.25, 0.3) is 0 Å². The van der Waals surface area contributed by atoms with Crippen molar-refractivity contribution in [1.82, 2.24) is 0 Å². The summed E-state index contributed by atoms with van der Waals surface area (Å²) in [5, 5.41) is 3.56. The molecule has 96 valence electrons. The summed E-state index contributed by atoms with van der Waals surface area (Å²) in [5.74, 6) is 0.533. The van der Waals surface area contributed by atoms with E-state index in [1.54, 1.807) is 7.11 Å². The molecule has 0 saturated carbocycles. The Morgan fingerprint density at radius 1 is 1.24 bits per heavy atom. The summed E-state index contributed by atoms with van der Waals surface area (Å²) in [7, 11) is 5.86. The number of nitrogens with one attached hydrogen (secondary N) is 1. The highest BCUT2D eigenvalue weighted by molar-refractivity contribution is 5.69. The summed E-state index contributed by atoms with van der Waals surface area (Å²) in [4.78, 5) is 2.12. The molecule has 0 aromatic heterocycles. The number of hydrogen-bond donors (Lipinski definition) is 1. The third-order valence-corrected chi connectivity index (χ3v) is 2.88. The Labute approximate surface area is 105 Å². The lowest BCUT2D eigenvalue weighted by atomic mass is 10.0. The Morgan fingerprint density at radius 3 is 2.41 bits per heavy atom. The molecule has 0 fully saturated rings. The van der Waals surface area contributed by atoms with Crippen molar-refractivity contribution in [1.29, 1.82) is 0 Å². The lowest BCUT2D eigenvalue weighted by Gasteiger charge is -2.26. The van der Waals surface area contributed by atoms with Crippen molar-refractivity contribution in [3.8, 4) is 0 Å². The van der Waals surface area contributed by atoms with Gasteiger partial charge in [0.05, 0.1) is 24.0 Å². The van der Waals surface area contributed by atoms with Gasteiger partial charge in [0, 0.05) is 21.2 Å². The number of benzene rings is 1. The number of para-hydroxylation sites is 2. The van der Waals surface area contributed by atoms with Gasteiger partial charge in [-0.3, -0.25) is 0 Å². The monoisotopic (exact) mass is 236 g/mol. The summed E-state index contributed by atoms with van der Waals surface area (Å²) >= 11 is 0. The maximum Gasteiger partial charge on any atom is 0.0666 e. The van der Waals surface area contributed by atoms with Crippen molar-refractivity contribution in [3.63, 3.8) is 0 Å². The predicted octanol–water partition coefficient (Wildman–Crippen LogP) is 2.84. The number of anilines is 2. The fourth-order valence-corrected chi connectivity index (χ4v) is 1.77. The molecule has 1 aromatic rings. The van der Waals surface area contributed by atoms with Gasteiger partial charge in [-0.2, -0.15) is 0 Å². The van der Waals surface area contributed by atoms with Crippen LogP contribution in [0.3, 0.4) is 0 Å². The van der Waals surface area contributed by atoms with E-state index in [0.717, 1.165) is 12.3 Å². The largest absolute Gasteiger partial charge is 0.383 e. The first kappa shape index (κ1) is 13.8. The number of nitrogens with zero attached hydrogens (tertiary/aromatic N) is 1. The quantitative estimate of drug-likeness (QED) is 0.822. The van der Waals surface area contributed by atoms with Gasteiger partial charge >= 0.3 is 0 Å². The molecule has 3 heteroatoms. The summed E-state index contributed by atoms with van der Waals surface area (Å²) in [6, 6.07) is 8.68. The fraction of sp³-hybridized carbons (Fsp3) is 0.571. The molecule has 3 nitrogen and oxygen atoms in total. The highest BCUT2D eigenvalue weighted by Crippen LogP contribution is 2.25. The summed E-state index contributed by atoms with van der Waals surface area (Å²) < 4.78 is 5.26. The third kappa shape index (κ3) is 3.93. The summed E-state index contributed by atoms with van der Waals surface area (Å²) in [5.41, 5.74) is 2.36. The smallest absolute Gasteiger partial charge is 0.0666 e. The molecule has 0 spiro atoms. The fourth-order valence-electron chi connectivity index (χ4n) is 1.77.